The summed E-state index contributed by atoms with van der Waals surface area (Å²) < 4.78 is 47.7. The number of aliphatic imine (C=N–C) groups is 2. The van der Waals surface area contributed by atoms with E-state index in [4.69, 9.17) is 71.1 Å². The van der Waals surface area contributed by atoms with Gasteiger partial charge in [-0.1, -0.05) is 47.5 Å². The Bertz CT molecular complexity index is 2980. The molecule has 8 rings (SSSR count). The Kier molecular flexibility index (Phi) is 21.8. The topological polar surface area (TPSA) is 240 Å². The zero-order chi connectivity index (χ0) is 56.7. The van der Waals surface area contributed by atoms with Crippen LogP contribution in [0, 0.1) is 27.7 Å². The van der Waals surface area contributed by atoms with E-state index in [-0.39, 0.29) is 44.1 Å². The lowest BCUT2D eigenvalue weighted by Gasteiger charge is -2.12. The van der Waals surface area contributed by atoms with Crippen LogP contribution >= 0.6 is 45.9 Å². The van der Waals surface area contributed by atoms with Gasteiger partial charge in [-0.15, -0.1) is 43.1 Å². The fourth-order valence-corrected chi connectivity index (χ4v) is 11.8. The second-order valence-electron chi connectivity index (χ2n) is 18.4. The van der Waals surface area contributed by atoms with E-state index in [1.165, 1.54) is 36.9 Å². The lowest BCUT2D eigenvalue weighted by Crippen LogP contribution is -2.27. The SMILES string of the molecule is COC(=O)CC1N=C(c2ccc(Cl)cc2)c2c(sc(C(=O)CCCOCCOCCOCCOCCOCCOCCNC(=O)c3sc4c(c3C)C(c3ccc(Cl)cc3)=NC(CC(=O)OC)c3nnc(C)n3-4)c2C)-n2c(C)nnc21. The van der Waals surface area contributed by atoms with Crippen LogP contribution in [0.25, 0.3) is 10.0 Å². The van der Waals surface area contributed by atoms with Crippen molar-refractivity contribution in [2.45, 2.75) is 65.5 Å². The minimum absolute atomic E-state index is 0.00708. The number of benzene rings is 2. The molecular weight excluding hydrogens is 1110 g/mol. The minimum atomic E-state index is -0.671. The predicted octanol–water partition coefficient (Wildman–Crippen LogP) is 7.91. The fourth-order valence-electron chi connectivity index (χ4n) is 8.98. The van der Waals surface area contributed by atoms with Crippen LogP contribution in [0.2, 0.25) is 10.0 Å². The molecule has 0 aliphatic carbocycles. The summed E-state index contributed by atoms with van der Waals surface area (Å²) in [5.74, 6) is 1.05. The molecule has 2 aliphatic heterocycles. The first-order valence-corrected chi connectivity index (χ1v) is 28.4. The second kappa shape index (κ2) is 29.0. The van der Waals surface area contributed by atoms with E-state index in [9.17, 15) is 19.2 Å². The number of thiophene rings is 2. The van der Waals surface area contributed by atoms with Gasteiger partial charge in [-0.25, -0.2) is 0 Å². The number of hydrogen-bond donors (Lipinski definition) is 1. The molecule has 2 atom stereocenters. The Labute approximate surface area is 480 Å². The number of aryl methyl sites for hydroxylation is 2. The average molecular weight is 1180 g/mol. The number of esters is 2. The van der Waals surface area contributed by atoms with E-state index in [2.05, 4.69) is 25.7 Å². The summed E-state index contributed by atoms with van der Waals surface area (Å²) in [6, 6.07) is 13.2. The maximum absolute atomic E-state index is 13.7. The van der Waals surface area contributed by atoms with Crippen LogP contribution in [0.15, 0.2) is 58.5 Å². The van der Waals surface area contributed by atoms with E-state index in [0.717, 1.165) is 43.4 Å². The van der Waals surface area contributed by atoms with Gasteiger partial charge in [0, 0.05) is 51.9 Å². The van der Waals surface area contributed by atoms with Crippen molar-refractivity contribution in [1.29, 1.82) is 0 Å². The summed E-state index contributed by atoms with van der Waals surface area (Å²) in [6.07, 6.45) is 0.754. The van der Waals surface area contributed by atoms with Gasteiger partial charge in [0.1, 0.15) is 33.7 Å². The highest BCUT2D eigenvalue weighted by molar-refractivity contribution is 7.17. The molecule has 0 saturated carbocycles. The van der Waals surface area contributed by atoms with Crippen LogP contribution in [0.5, 0.6) is 0 Å². The monoisotopic (exact) mass is 1180 g/mol. The highest BCUT2D eigenvalue weighted by Gasteiger charge is 2.36. The normalized spacial score (nSPS) is 14.5. The smallest absolute Gasteiger partial charge is 0.308 e. The number of amides is 1. The van der Waals surface area contributed by atoms with Crippen molar-refractivity contribution >= 4 is 80.9 Å². The van der Waals surface area contributed by atoms with Gasteiger partial charge in [0.15, 0.2) is 17.4 Å². The standard InChI is InChI=1S/C55H63Cl2N9O12S2/c1-32-45-47(36-9-13-38(56)14-10-36)59-40(30-43(68)71-5)51-63-61-34(3)65(51)54(45)79-49(32)42(67)8-7-18-73-20-22-75-24-26-77-28-29-78-27-25-76-23-21-74-19-17-58-53(70)50-33(2)46-48(37-11-15-39(57)16-12-37)60-41(31-44(69)72-6)52-64-62-35(4)66(52)55(46)80-50/h9-16,40-41H,7-8,17-31H2,1-6H3,(H,58,70). The highest BCUT2D eigenvalue weighted by Crippen LogP contribution is 2.42. The van der Waals surface area contributed by atoms with Crippen molar-refractivity contribution in [3.05, 3.63) is 125 Å². The Balaban J connectivity index is 0.663. The molecule has 6 heterocycles. The number of halogens is 2. The predicted molar refractivity (Wildman–Crippen MR) is 301 cm³/mol. The zero-order valence-electron chi connectivity index (χ0n) is 45.3. The lowest BCUT2D eigenvalue weighted by atomic mass is 9.98. The van der Waals surface area contributed by atoms with Crippen molar-refractivity contribution in [1.82, 2.24) is 34.8 Å². The Morgan fingerprint density at radius 3 is 1.35 bits per heavy atom. The first-order chi connectivity index (χ1) is 38.8. The van der Waals surface area contributed by atoms with Crippen LogP contribution in [0.1, 0.15) is 114 Å². The summed E-state index contributed by atoms with van der Waals surface area (Å²) in [5, 5.41) is 23.0. The molecule has 80 heavy (non-hydrogen) atoms. The summed E-state index contributed by atoms with van der Waals surface area (Å²) in [4.78, 5) is 63.5. The minimum Gasteiger partial charge on any atom is -0.469 e. The van der Waals surface area contributed by atoms with Crippen molar-refractivity contribution in [3.8, 4) is 10.0 Å². The Morgan fingerprint density at radius 2 is 0.925 bits per heavy atom. The zero-order valence-corrected chi connectivity index (χ0v) is 48.5. The van der Waals surface area contributed by atoms with Crippen LogP contribution < -0.4 is 5.32 Å². The van der Waals surface area contributed by atoms with Gasteiger partial charge in [-0.2, -0.15) is 0 Å². The molecule has 0 bridgehead atoms. The molecule has 0 spiro atoms. The maximum Gasteiger partial charge on any atom is 0.308 e. The summed E-state index contributed by atoms with van der Waals surface area (Å²) in [7, 11) is 2.67. The van der Waals surface area contributed by atoms with Crippen molar-refractivity contribution in [2.24, 2.45) is 9.98 Å². The number of ether oxygens (including phenoxy) is 8. The van der Waals surface area contributed by atoms with Gasteiger partial charge in [-0.3, -0.25) is 38.3 Å². The van der Waals surface area contributed by atoms with E-state index < -0.39 is 24.0 Å². The van der Waals surface area contributed by atoms with Crippen LogP contribution in [0.3, 0.4) is 0 Å². The lowest BCUT2D eigenvalue weighted by molar-refractivity contribution is -0.142. The molecule has 0 saturated heterocycles. The van der Waals surface area contributed by atoms with Gasteiger partial charge in [0.25, 0.3) is 5.91 Å². The number of Topliss-reactive ketones (excluding diaryl/α,β-unsaturated/α-hetero) is 1. The molecule has 0 radical (unpaired) electrons. The van der Waals surface area contributed by atoms with Crippen molar-refractivity contribution in [3.63, 3.8) is 0 Å². The van der Waals surface area contributed by atoms with E-state index >= 15 is 0 Å². The van der Waals surface area contributed by atoms with E-state index in [1.54, 1.807) is 24.3 Å². The number of ketones is 1. The van der Waals surface area contributed by atoms with E-state index in [1.807, 2.05) is 61.1 Å². The molecule has 426 valence electrons. The Morgan fingerprint density at radius 1 is 0.537 bits per heavy atom. The number of aromatic nitrogens is 6. The molecule has 1 N–H and O–H groups in total. The number of hydrogen-bond acceptors (Lipinski definition) is 20. The maximum atomic E-state index is 13.7. The summed E-state index contributed by atoms with van der Waals surface area (Å²) >= 11 is 15.1. The Hall–Kier alpha value is -6.12. The largest absolute Gasteiger partial charge is 0.469 e. The molecule has 21 nitrogen and oxygen atoms in total. The number of methoxy groups -OCH3 is 2. The third-order valence-corrected chi connectivity index (χ3v) is 16.1. The number of carbonyl (C=O) groups is 4. The molecular formula is C55H63Cl2N9O12S2. The van der Waals surface area contributed by atoms with Gasteiger partial charge < -0.3 is 43.2 Å². The van der Waals surface area contributed by atoms with Gasteiger partial charge >= 0.3 is 11.9 Å². The van der Waals surface area contributed by atoms with Crippen molar-refractivity contribution in [2.75, 3.05) is 100 Å². The van der Waals surface area contributed by atoms with Gasteiger partial charge in [0.05, 0.1) is 121 Å². The second-order valence-corrected chi connectivity index (χ2v) is 21.2. The highest BCUT2D eigenvalue weighted by atomic mass is 35.5. The summed E-state index contributed by atoms with van der Waals surface area (Å²) in [6.45, 7) is 12.3. The first-order valence-electron chi connectivity index (χ1n) is 26.0. The molecule has 0 fully saturated rings. The summed E-state index contributed by atoms with van der Waals surface area (Å²) in [5.41, 5.74) is 5.86. The number of nitrogens with one attached hydrogen (secondary N) is 1. The molecule has 2 aliphatic rings. The fraction of sp³-hybridized carbons (Fsp3) is 0.455. The molecule has 2 aromatic carbocycles. The van der Waals surface area contributed by atoms with Gasteiger partial charge in [0.2, 0.25) is 0 Å². The molecule has 2 unspecified atom stereocenters. The first kappa shape index (κ1) is 60.0. The average Bonchev–Trinajstić information content (AvgIpc) is 4.23. The number of nitrogens with zero attached hydrogens (tertiary/aromatic N) is 8. The van der Waals surface area contributed by atoms with Gasteiger partial charge in [-0.05, 0) is 69.5 Å². The number of carbonyl (C=O) groups excluding carboxylic acids is 4. The molecule has 25 heteroatoms. The number of rotatable bonds is 30. The molecule has 6 aromatic rings. The molecule has 4 aromatic heterocycles. The molecule has 1 amide bonds. The third-order valence-electron chi connectivity index (χ3n) is 13.0. The quantitative estimate of drug-likeness (QED) is 0.0256. The number of fused-ring (bicyclic) bond motifs is 6. The van der Waals surface area contributed by atoms with Crippen molar-refractivity contribution < 1.29 is 57.1 Å². The van der Waals surface area contributed by atoms with Crippen LogP contribution in [-0.2, 0) is 47.5 Å². The van der Waals surface area contributed by atoms with E-state index in [0.29, 0.717) is 134 Å². The van der Waals surface area contributed by atoms with Crippen LogP contribution in [-0.4, -0.2) is 165 Å². The van der Waals surface area contributed by atoms with Crippen LogP contribution in [0.4, 0.5) is 0 Å². The third kappa shape index (κ3) is 14.7.